The van der Waals surface area contributed by atoms with E-state index in [9.17, 15) is 20.0 Å². The zero-order valence-electron chi connectivity index (χ0n) is 21.8. The van der Waals surface area contributed by atoms with Crippen LogP contribution < -0.4 is 9.80 Å². The van der Waals surface area contributed by atoms with Crippen molar-refractivity contribution in [2.24, 2.45) is 0 Å². The van der Waals surface area contributed by atoms with E-state index < -0.39 is 6.09 Å². The van der Waals surface area contributed by atoms with Crippen LogP contribution in [0.25, 0.3) is 11.5 Å². The van der Waals surface area contributed by atoms with Crippen LogP contribution in [0.15, 0.2) is 24.3 Å². The lowest BCUT2D eigenvalue weighted by molar-refractivity contribution is 0.0996. The summed E-state index contributed by atoms with van der Waals surface area (Å²) in [5.74, 6) is 2.24. The molecule has 0 saturated carbocycles. The Hall–Kier alpha value is -4.53. The summed E-state index contributed by atoms with van der Waals surface area (Å²) in [4.78, 5) is 39.4. The second-order valence-corrected chi connectivity index (χ2v) is 9.93. The highest BCUT2D eigenvalue weighted by molar-refractivity contribution is 6.10. The van der Waals surface area contributed by atoms with Crippen molar-refractivity contribution in [2.75, 3.05) is 23.9 Å². The molecule has 1 N–H and O–H groups in total. The molecule has 38 heavy (non-hydrogen) atoms. The second-order valence-electron chi connectivity index (χ2n) is 9.93. The molecule has 5 heterocycles. The van der Waals surface area contributed by atoms with Crippen LogP contribution in [0.4, 0.5) is 16.4 Å². The van der Waals surface area contributed by atoms with Crippen LogP contribution in [-0.4, -0.2) is 66.9 Å². The Kier molecular flexibility index (Phi) is 6.44. The number of aryl methyl sites for hydroxylation is 1. The third kappa shape index (κ3) is 4.30. The first kappa shape index (κ1) is 25.1. The first-order chi connectivity index (χ1) is 18.2. The smallest absolute Gasteiger partial charge is 0.407 e. The summed E-state index contributed by atoms with van der Waals surface area (Å²) in [5, 5.41) is 27.3. The van der Waals surface area contributed by atoms with Crippen molar-refractivity contribution in [1.29, 1.82) is 5.26 Å². The van der Waals surface area contributed by atoms with Crippen LogP contribution in [0.5, 0.6) is 0 Å². The Balaban J connectivity index is 1.52. The van der Waals surface area contributed by atoms with Gasteiger partial charge in [0.25, 0.3) is 5.91 Å². The van der Waals surface area contributed by atoms with E-state index in [-0.39, 0.29) is 31.1 Å². The molecular weight excluding hydrogens is 486 g/mol. The van der Waals surface area contributed by atoms with Crippen LogP contribution >= 0.6 is 0 Å². The van der Waals surface area contributed by atoms with Gasteiger partial charge in [-0.1, -0.05) is 6.07 Å². The van der Waals surface area contributed by atoms with Crippen molar-refractivity contribution < 1.29 is 14.7 Å². The number of hydrogen-bond donors (Lipinski definition) is 1. The fraction of sp³-hybridized carbons (Fsp3) is 0.423. The predicted molar refractivity (Wildman–Crippen MR) is 139 cm³/mol. The molecule has 2 aliphatic heterocycles. The topological polar surface area (TPSA) is 144 Å². The van der Waals surface area contributed by atoms with Gasteiger partial charge in [-0.25, -0.2) is 14.8 Å². The zero-order valence-corrected chi connectivity index (χ0v) is 21.8. The lowest BCUT2D eigenvalue weighted by Crippen LogP contribution is -2.29. The van der Waals surface area contributed by atoms with Crippen molar-refractivity contribution in [3.05, 3.63) is 46.9 Å². The SMILES string of the molecule is CC(C)N(C)c1cc2c(c(CN(C)C(=O)O)n1)CN(c1cccc(-c3nnc4n3[C@@H](CC#N)CC4)n1)C2=O. The highest BCUT2D eigenvalue weighted by atomic mass is 16.4. The number of aromatic nitrogens is 5. The molecule has 0 bridgehead atoms. The van der Waals surface area contributed by atoms with Crippen LogP contribution in [-0.2, 0) is 19.5 Å². The van der Waals surface area contributed by atoms with Gasteiger partial charge in [-0.15, -0.1) is 10.2 Å². The summed E-state index contributed by atoms with van der Waals surface area (Å²) < 4.78 is 1.98. The minimum Gasteiger partial charge on any atom is -0.465 e. The minimum atomic E-state index is -1.07. The van der Waals surface area contributed by atoms with E-state index in [4.69, 9.17) is 9.97 Å². The molecule has 0 radical (unpaired) electrons. The standard InChI is InChI=1S/C26H29N9O3/c1-15(2)33(4)23-12-17-18(20(29-23)14-32(3)26(37)38)13-34(25(17)36)21-7-5-6-19(28-21)24-31-30-22-9-8-16(10-11-27)35(22)24/h5-7,12,15-16H,8-10,13-14H2,1-4H3,(H,37,38)/t16-/m1/s1. The first-order valence-electron chi connectivity index (χ1n) is 12.5. The predicted octanol–water partition coefficient (Wildman–Crippen LogP) is 3.25. The maximum Gasteiger partial charge on any atom is 0.407 e. The molecule has 196 valence electrons. The molecule has 0 fully saturated rings. The molecule has 0 spiro atoms. The molecule has 3 aromatic rings. The lowest BCUT2D eigenvalue weighted by Gasteiger charge is -2.24. The van der Waals surface area contributed by atoms with Gasteiger partial charge >= 0.3 is 6.09 Å². The number of fused-ring (bicyclic) bond motifs is 2. The summed E-state index contributed by atoms with van der Waals surface area (Å²) in [5.41, 5.74) is 2.28. The van der Waals surface area contributed by atoms with Crippen LogP contribution in [0, 0.1) is 11.3 Å². The summed E-state index contributed by atoms with van der Waals surface area (Å²) >= 11 is 0. The Bertz CT molecular complexity index is 1460. The van der Waals surface area contributed by atoms with Gasteiger partial charge < -0.3 is 19.5 Å². The maximum absolute atomic E-state index is 13.7. The van der Waals surface area contributed by atoms with Gasteiger partial charge in [0.1, 0.15) is 23.2 Å². The number of rotatable bonds is 7. The van der Waals surface area contributed by atoms with Crippen LogP contribution in [0.1, 0.15) is 60.2 Å². The normalized spacial score (nSPS) is 15.9. The quantitative estimate of drug-likeness (QED) is 0.501. The van der Waals surface area contributed by atoms with Gasteiger partial charge in [0.05, 0.1) is 42.9 Å². The Morgan fingerprint density at radius 2 is 2.05 bits per heavy atom. The third-order valence-corrected chi connectivity index (χ3v) is 7.24. The zero-order chi connectivity index (χ0) is 27.1. The molecule has 0 saturated heterocycles. The van der Waals surface area contributed by atoms with Gasteiger partial charge in [-0.3, -0.25) is 9.69 Å². The summed E-state index contributed by atoms with van der Waals surface area (Å²) in [7, 11) is 3.37. The number of amides is 2. The van der Waals surface area contributed by atoms with Crippen molar-refractivity contribution in [1.82, 2.24) is 29.6 Å². The minimum absolute atomic E-state index is 0.000597. The Labute approximate surface area is 220 Å². The Morgan fingerprint density at radius 3 is 2.76 bits per heavy atom. The van der Waals surface area contributed by atoms with Crippen molar-refractivity contribution >= 4 is 23.6 Å². The van der Waals surface area contributed by atoms with E-state index in [0.29, 0.717) is 46.4 Å². The number of carbonyl (C=O) groups is 2. The van der Waals surface area contributed by atoms with Crippen molar-refractivity contribution in [3.8, 4) is 17.6 Å². The number of anilines is 2. The molecule has 0 unspecified atom stereocenters. The van der Waals surface area contributed by atoms with Gasteiger partial charge in [0.15, 0.2) is 5.82 Å². The fourth-order valence-corrected chi connectivity index (χ4v) is 4.88. The van der Waals surface area contributed by atoms with E-state index in [1.54, 1.807) is 17.0 Å². The molecule has 12 nitrogen and oxygen atoms in total. The van der Waals surface area contributed by atoms with Gasteiger partial charge in [0, 0.05) is 32.1 Å². The van der Waals surface area contributed by atoms with E-state index in [0.717, 1.165) is 23.6 Å². The summed E-state index contributed by atoms with van der Waals surface area (Å²) in [6.45, 7) is 4.31. The van der Waals surface area contributed by atoms with Gasteiger partial charge in [-0.2, -0.15) is 5.26 Å². The molecule has 2 amide bonds. The largest absolute Gasteiger partial charge is 0.465 e. The van der Waals surface area contributed by atoms with E-state index in [2.05, 4.69) is 16.3 Å². The van der Waals surface area contributed by atoms with Crippen molar-refractivity contribution in [2.45, 2.75) is 58.3 Å². The molecular formula is C26H29N9O3. The molecule has 0 aliphatic carbocycles. The van der Waals surface area contributed by atoms with Crippen molar-refractivity contribution in [3.63, 3.8) is 0 Å². The van der Waals surface area contributed by atoms with E-state index >= 15 is 0 Å². The first-order valence-corrected chi connectivity index (χ1v) is 12.5. The number of carboxylic acid groups (broad SMARTS) is 1. The van der Waals surface area contributed by atoms with E-state index in [1.807, 2.05) is 42.5 Å². The maximum atomic E-state index is 13.7. The Morgan fingerprint density at radius 1 is 1.26 bits per heavy atom. The number of nitrogens with zero attached hydrogens (tertiary/aromatic N) is 9. The average molecular weight is 516 g/mol. The van der Waals surface area contributed by atoms with Crippen LogP contribution in [0.3, 0.4) is 0 Å². The number of pyridine rings is 2. The molecule has 2 aliphatic rings. The molecule has 12 heteroatoms. The summed E-state index contributed by atoms with van der Waals surface area (Å²) in [6, 6.07) is 9.54. The average Bonchev–Trinajstić information content (AvgIpc) is 3.58. The van der Waals surface area contributed by atoms with E-state index in [1.165, 1.54) is 7.05 Å². The number of carbonyl (C=O) groups excluding carboxylic acids is 1. The highest BCUT2D eigenvalue weighted by Crippen LogP contribution is 2.35. The molecule has 0 aromatic carbocycles. The lowest BCUT2D eigenvalue weighted by atomic mass is 10.1. The second kappa shape index (κ2) is 9.74. The highest BCUT2D eigenvalue weighted by Gasteiger charge is 2.34. The molecule has 3 aromatic heterocycles. The third-order valence-electron chi connectivity index (χ3n) is 7.24. The monoisotopic (exact) mass is 515 g/mol. The number of hydrogen-bond acceptors (Lipinski definition) is 8. The molecule has 5 rings (SSSR count). The number of nitriles is 1. The summed E-state index contributed by atoms with van der Waals surface area (Å²) in [6.07, 6.45) is 0.880. The fourth-order valence-electron chi connectivity index (χ4n) is 4.88. The van der Waals surface area contributed by atoms with Gasteiger partial charge in [0.2, 0.25) is 0 Å². The van der Waals surface area contributed by atoms with Crippen LogP contribution in [0.2, 0.25) is 0 Å². The molecule has 1 atom stereocenters. The van der Waals surface area contributed by atoms with Gasteiger partial charge in [-0.05, 0) is 38.5 Å².